The SMILES string of the molecule is C/C=C\Cn1c(C(=O)NC(C)(C)C)cc2ccsc21. The number of aromatic nitrogens is 1. The molecule has 0 saturated heterocycles. The van der Waals surface area contributed by atoms with Crippen molar-refractivity contribution in [1.82, 2.24) is 9.88 Å². The first-order valence-electron chi connectivity index (χ1n) is 6.43. The van der Waals surface area contributed by atoms with Crippen molar-refractivity contribution >= 4 is 27.5 Å². The zero-order chi connectivity index (χ0) is 14.0. The molecule has 1 amide bonds. The van der Waals surface area contributed by atoms with Crippen LogP contribution in [0.1, 0.15) is 38.2 Å². The second kappa shape index (κ2) is 5.21. The van der Waals surface area contributed by atoms with Gasteiger partial charge in [-0.3, -0.25) is 4.79 Å². The molecule has 0 fully saturated rings. The summed E-state index contributed by atoms with van der Waals surface area (Å²) in [5, 5.41) is 6.21. The van der Waals surface area contributed by atoms with Crippen molar-refractivity contribution < 1.29 is 4.79 Å². The van der Waals surface area contributed by atoms with Gasteiger partial charge >= 0.3 is 0 Å². The number of carbonyl (C=O) groups is 1. The summed E-state index contributed by atoms with van der Waals surface area (Å²) in [6.45, 7) is 8.70. The molecule has 2 aromatic rings. The van der Waals surface area contributed by atoms with Gasteiger partial charge in [0.1, 0.15) is 10.5 Å². The van der Waals surface area contributed by atoms with E-state index in [0.717, 1.165) is 22.5 Å². The highest BCUT2D eigenvalue weighted by Crippen LogP contribution is 2.25. The van der Waals surface area contributed by atoms with E-state index in [1.807, 2.05) is 39.8 Å². The van der Waals surface area contributed by atoms with Crippen LogP contribution in [0.25, 0.3) is 10.2 Å². The second-order valence-corrected chi connectivity index (χ2v) is 6.49. The Morgan fingerprint density at radius 2 is 2.21 bits per heavy atom. The molecule has 0 saturated carbocycles. The Balaban J connectivity index is 2.41. The van der Waals surface area contributed by atoms with Crippen LogP contribution in [-0.2, 0) is 6.54 Å². The van der Waals surface area contributed by atoms with Crippen LogP contribution < -0.4 is 5.32 Å². The number of fused-ring (bicyclic) bond motifs is 1. The predicted molar refractivity (Wildman–Crippen MR) is 81.8 cm³/mol. The minimum atomic E-state index is -0.222. The molecule has 3 nitrogen and oxygen atoms in total. The molecule has 19 heavy (non-hydrogen) atoms. The highest BCUT2D eigenvalue weighted by atomic mass is 32.1. The lowest BCUT2D eigenvalue weighted by Gasteiger charge is -2.21. The summed E-state index contributed by atoms with van der Waals surface area (Å²) in [5.74, 6) is -0.0135. The van der Waals surface area contributed by atoms with E-state index in [0.29, 0.717) is 0 Å². The topological polar surface area (TPSA) is 34.0 Å². The summed E-state index contributed by atoms with van der Waals surface area (Å²) in [5.41, 5.74) is 0.509. The van der Waals surface area contributed by atoms with Gasteiger partial charge in [0.05, 0.1) is 0 Å². The molecule has 0 unspecified atom stereocenters. The van der Waals surface area contributed by atoms with Crippen molar-refractivity contribution in [3.05, 3.63) is 35.4 Å². The molecule has 2 aromatic heterocycles. The highest BCUT2D eigenvalue weighted by molar-refractivity contribution is 7.16. The summed E-state index contributed by atoms with van der Waals surface area (Å²) in [4.78, 5) is 13.5. The maximum Gasteiger partial charge on any atom is 0.268 e. The quantitative estimate of drug-likeness (QED) is 0.850. The smallest absolute Gasteiger partial charge is 0.268 e. The van der Waals surface area contributed by atoms with E-state index < -0.39 is 0 Å². The normalized spacial score (nSPS) is 12.4. The fourth-order valence-corrected chi connectivity index (χ4v) is 2.87. The van der Waals surface area contributed by atoms with E-state index in [2.05, 4.69) is 27.4 Å². The summed E-state index contributed by atoms with van der Waals surface area (Å²) in [7, 11) is 0. The summed E-state index contributed by atoms with van der Waals surface area (Å²) >= 11 is 1.67. The lowest BCUT2D eigenvalue weighted by molar-refractivity contribution is 0.0911. The van der Waals surface area contributed by atoms with E-state index in [-0.39, 0.29) is 11.4 Å². The largest absolute Gasteiger partial charge is 0.346 e. The summed E-state index contributed by atoms with van der Waals surface area (Å²) in [6.07, 6.45) is 4.07. The molecule has 0 aliphatic heterocycles. The van der Waals surface area contributed by atoms with Crippen molar-refractivity contribution in [3.63, 3.8) is 0 Å². The molecule has 0 bridgehead atoms. The van der Waals surface area contributed by atoms with Gasteiger partial charge in [-0.2, -0.15) is 0 Å². The van der Waals surface area contributed by atoms with Gasteiger partial charge in [0.2, 0.25) is 0 Å². The van der Waals surface area contributed by atoms with Gasteiger partial charge in [0, 0.05) is 17.5 Å². The third kappa shape index (κ3) is 3.07. The van der Waals surface area contributed by atoms with E-state index in [9.17, 15) is 4.79 Å². The summed E-state index contributed by atoms with van der Waals surface area (Å²) in [6, 6.07) is 4.02. The molecule has 0 radical (unpaired) electrons. The van der Waals surface area contributed by atoms with E-state index >= 15 is 0 Å². The highest BCUT2D eigenvalue weighted by Gasteiger charge is 2.20. The van der Waals surface area contributed by atoms with E-state index in [1.54, 1.807) is 11.3 Å². The zero-order valence-electron chi connectivity index (χ0n) is 11.9. The van der Waals surface area contributed by atoms with Gasteiger partial charge in [-0.15, -0.1) is 11.3 Å². The summed E-state index contributed by atoms with van der Waals surface area (Å²) < 4.78 is 2.07. The number of nitrogens with zero attached hydrogens (tertiary/aromatic N) is 1. The molecule has 2 rings (SSSR count). The standard InChI is InChI=1S/C15H20N2OS/c1-5-6-8-17-12(13(18)16-15(2,3)4)10-11-7-9-19-14(11)17/h5-7,9-10H,8H2,1-4H3,(H,16,18)/b6-5-. The number of hydrogen-bond donors (Lipinski definition) is 1. The third-order valence-electron chi connectivity index (χ3n) is 2.75. The van der Waals surface area contributed by atoms with Gasteiger partial charge < -0.3 is 9.88 Å². The minimum Gasteiger partial charge on any atom is -0.346 e. The van der Waals surface area contributed by atoms with Crippen molar-refractivity contribution in [2.75, 3.05) is 0 Å². The fraction of sp³-hybridized carbons (Fsp3) is 0.400. The number of rotatable bonds is 3. The maximum absolute atomic E-state index is 12.4. The van der Waals surface area contributed by atoms with Gasteiger partial charge in [0.25, 0.3) is 5.91 Å². The van der Waals surface area contributed by atoms with E-state index in [4.69, 9.17) is 0 Å². The Kier molecular flexibility index (Phi) is 3.80. The molecule has 4 heteroatoms. The van der Waals surface area contributed by atoms with Gasteiger partial charge in [-0.05, 0) is 45.2 Å². The third-order valence-corrected chi connectivity index (χ3v) is 3.70. The Morgan fingerprint density at radius 3 is 2.84 bits per heavy atom. The number of carbonyl (C=O) groups excluding carboxylic acids is 1. The molecule has 0 atom stereocenters. The van der Waals surface area contributed by atoms with Crippen LogP contribution in [0, 0.1) is 0 Å². The van der Waals surface area contributed by atoms with Crippen LogP contribution in [-0.4, -0.2) is 16.0 Å². The zero-order valence-corrected chi connectivity index (χ0v) is 12.7. The molecular weight excluding hydrogens is 256 g/mol. The van der Waals surface area contributed by atoms with Crippen LogP contribution in [0.15, 0.2) is 29.7 Å². The van der Waals surface area contributed by atoms with E-state index in [1.165, 1.54) is 0 Å². The maximum atomic E-state index is 12.4. The average molecular weight is 276 g/mol. The van der Waals surface area contributed by atoms with Crippen LogP contribution >= 0.6 is 11.3 Å². The molecule has 0 aliphatic carbocycles. The van der Waals surface area contributed by atoms with Gasteiger partial charge in [0.15, 0.2) is 0 Å². The van der Waals surface area contributed by atoms with Gasteiger partial charge in [-0.1, -0.05) is 12.2 Å². The average Bonchev–Trinajstić information content (AvgIpc) is 2.84. The number of nitrogens with one attached hydrogen (secondary N) is 1. The Labute approximate surface area is 117 Å². The first-order valence-corrected chi connectivity index (χ1v) is 7.31. The molecule has 1 N–H and O–H groups in total. The molecule has 0 spiro atoms. The lowest BCUT2D eigenvalue weighted by atomic mass is 10.1. The number of hydrogen-bond acceptors (Lipinski definition) is 2. The van der Waals surface area contributed by atoms with Gasteiger partial charge in [-0.25, -0.2) is 0 Å². The lowest BCUT2D eigenvalue weighted by Crippen LogP contribution is -2.41. The minimum absolute atomic E-state index is 0.0135. The van der Waals surface area contributed by atoms with Crippen LogP contribution in [0.4, 0.5) is 0 Å². The number of thiophene rings is 1. The Hall–Kier alpha value is -1.55. The van der Waals surface area contributed by atoms with Crippen LogP contribution in [0.3, 0.4) is 0 Å². The second-order valence-electron chi connectivity index (χ2n) is 5.59. The predicted octanol–water partition coefficient (Wildman–Crippen LogP) is 3.81. The molecule has 0 aliphatic rings. The number of amides is 1. The molecule has 2 heterocycles. The van der Waals surface area contributed by atoms with Crippen LogP contribution in [0.2, 0.25) is 0 Å². The first-order chi connectivity index (χ1) is 8.92. The Morgan fingerprint density at radius 1 is 1.47 bits per heavy atom. The van der Waals surface area contributed by atoms with Crippen LogP contribution in [0.5, 0.6) is 0 Å². The van der Waals surface area contributed by atoms with Crippen molar-refractivity contribution in [2.45, 2.75) is 39.8 Å². The molecule has 0 aromatic carbocycles. The molecular formula is C15H20N2OS. The van der Waals surface area contributed by atoms with Crippen molar-refractivity contribution in [3.8, 4) is 0 Å². The fourth-order valence-electron chi connectivity index (χ4n) is 1.96. The molecule has 102 valence electrons. The monoisotopic (exact) mass is 276 g/mol. The Bertz CT molecular complexity index is 614. The van der Waals surface area contributed by atoms with Crippen molar-refractivity contribution in [1.29, 1.82) is 0 Å². The number of allylic oxidation sites excluding steroid dienone is 2. The van der Waals surface area contributed by atoms with Crippen molar-refractivity contribution in [2.24, 2.45) is 0 Å². The first kappa shape index (κ1) is 13.9.